The Kier molecular flexibility index (Phi) is 5.37. The highest BCUT2D eigenvalue weighted by Gasteiger charge is 2.28. The van der Waals surface area contributed by atoms with Crippen LogP contribution in [0.5, 0.6) is 5.75 Å². The van der Waals surface area contributed by atoms with Crippen LogP contribution in [0.3, 0.4) is 0 Å². The topological polar surface area (TPSA) is 94.2 Å². The molecule has 1 aliphatic heterocycles. The van der Waals surface area contributed by atoms with E-state index in [4.69, 9.17) is 10.5 Å². The van der Waals surface area contributed by atoms with Crippen molar-refractivity contribution in [3.63, 3.8) is 0 Å². The van der Waals surface area contributed by atoms with E-state index in [2.05, 4.69) is 15.0 Å². The van der Waals surface area contributed by atoms with Crippen LogP contribution in [0.4, 0.5) is 5.95 Å². The van der Waals surface area contributed by atoms with Crippen molar-refractivity contribution in [2.24, 2.45) is 0 Å². The number of likely N-dealkylation sites (tertiary alicyclic amines) is 1. The second kappa shape index (κ2) is 8.26. The molecule has 0 bridgehead atoms. The molecule has 7 heteroatoms. The first-order valence-corrected chi connectivity index (χ1v) is 9.62. The minimum absolute atomic E-state index is 0.00387. The van der Waals surface area contributed by atoms with Crippen LogP contribution in [0.2, 0.25) is 0 Å². The van der Waals surface area contributed by atoms with Gasteiger partial charge in [0.15, 0.2) is 0 Å². The van der Waals surface area contributed by atoms with Crippen molar-refractivity contribution in [1.82, 2.24) is 19.9 Å². The second-order valence-corrected chi connectivity index (χ2v) is 7.09. The number of anilines is 1. The summed E-state index contributed by atoms with van der Waals surface area (Å²) < 4.78 is 5.25. The van der Waals surface area contributed by atoms with Gasteiger partial charge >= 0.3 is 0 Å². The van der Waals surface area contributed by atoms with E-state index in [1.54, 1.807) is 37.8 Å². The number of piperidine rings is 1. The zero-order chi connectivity index (χ0) is 20.2. The molecule has 0 spiro atoms. The quantitative estimate of drug-likeness (QED) is 0.737. The SMILES string of the molecule is COc1ccc(-c2cnc(N)nc2[C@H]2CCCN(C(=O)c3cccnc3)C2)cc1. The fourth-order valence-corrected chi connectivity index (χ4v) is 3.77. The first kappa shape index (κ1) is 18.9. The number of ether oxygens (including phenoxy) is 1. The number of pyridine rings is 1. The monoisotopic (exact) mass is 389 g/mol. The summed E-state index contributed by atoms with van der Waals surface area (Å²) in [5, 5.41) is 0. The van der Waals surface area contributed by atoms with Crippen LogP contribution < -0.4 is 10.5 Å². The number of nitrogen functional groups attached to an aromatic ring is 1. The molecule has 1 fully saturated rings. The Labute approximate surface area is 169 Å². The van der Waals surface area contributed by atoms with Gasteiger partial charge in [-0.1, -0.05) is 12.1 Å². The summed E-state index contributed by atoms with van der Waals surface area (Å²) in [6.07, 6.45) is 6.89. The van der Waals surface area contributed by atoms with Crippen LogP contribution in [-0.2, 0) is 0 Å². The van der Waals surface area contributed by atoms with Gasteiger partial charge < -0.3 is 15.4 Å². The van der Waals surface area contributed by atoms with Crippen LogP contribution in [0, 0.1) is 0 Å². The summed E-state index contributed by atoms with van der Waals surface area (Å²) in [6.45, 7) is 1.32. The molecule has 0 radical (unpaired) electrons. The number of carbonyl (C=O) groups excluding carboxylic acids is 1. The van der Waals surface area contributed by atoms with E-state index in [9.17, 15) is 4.79 Å². The fourth-order valence-electron chi connectivity index (χ4n) is 3.77. The third-order valence-corrected chi connectivity index (χ3v) is 5.24. The van der Waals surface area contributed by atoms with Crippen molar-refractivity contribution in [2.75, 3.05) is 25.9 Å². The smallest absolute Gasteiger partial charge is 0.255 e. The molecule has 4 rings (SSSR count). The minimum atomic E-state index is -0.00387. The molecule has 2 aromatic heterocycles. The van der Waals surface area contributed by atoms with E-state index in [1.165, 1.54) is 0 Å². The van der Waals surface area contributed by atoms with Crippen LogP contribution in [0.15, 0.2) is 55.0 Å². The largest absolute Gasteiger partial charge is 0.497 e. The number of benzene rings is 1. The van der Waals surface area contributed by atoms with Crippen molar-refractivity contribution in [3.8, 4) is 16.9 Å². The molecule has 1 aliphatic rings. The highest BCUT2D eigenvalue weighted by molar-refractivity contribution is 5.94. The Balaban J connectivity index is 1.63. The third kappa shape index (κ3) is 4.03. The van der Waals surface area contributed by atoms with E-state index in [-0.39, 0.29) is 17.8 Å². The second-order valence-electron chi connectivity index (χ2n) is 7.09. The van der Waals surface area contributed by atoms with E-state index in [1.807, 2.05) is 29.2 Å². The number of rotatable bonds is 4. The summed E-state index contributed by atoms with van der Waals surface area (Å²) in [5.41, 5.74) is 9.33. The first-order chi connectivity index (χ1) is 14.2. The van der Waals surface area contributed by atoms with Gasteiger partial charge in [-0.2, -0.15) is 0 Å². The molecule has 29 heavy (non-hydrogen) atoms. The number of nitrogens with zero attached hydrogens (tertiary/aromatic N) is 4. The molecule has 1 saturated heterocycles. The van der Waals surface area contributed by atoms with Crippen molar-refractivity contribution in [1.29, 1.82) is 0 Å². The lowest BCUT2D eigenvalue weighted by molar-refractivity contribution is 0.0705. The van der Waals surface area contributed by atoms with Crippen LogP contribution in [-0.4, -0.2) is 46.0 Å². The molecule has 7 nitrogen and oxygen atoms in total. The third-order valence-electron chi connectivity index (χ3n) is 5.24. The van der Waals surface area contributed by atoms with Crippen molar-refractivity contribution in [3.05, 3.63) is 66.2 Å². The predicted octanol–water partition coefficient (Wildman–Crippen LogP) is 3.15. The Bertz CT molecular complexity index is 992. The number of aromatic nitrogens is 3. The highest BCUT2D eigenvalue weighted by Crippen LogP contribution is 2.34. The molecular formula is C22H23N5O2. The average molecular weight is 389 g/mol. The maximum atomic E-state index is 12.9. The molecule has 1 amide bonds. The van der Waals surface area contributed by atoms with Crippen molar-refractivity contribution < 1.29 is 9.53 Å². The maximum absolute atomic E-state index is 12.9. The molecule has 1 aromatic carbocycles. The van der Waals surface area contributed by atoms with E-state index in [0.29, 0.717) is 12.1 Å². The van der Waals surface area contributed by atoms with Gasteiger partial charge in [0.25, 0.3) is 5.91 Å². The van der Waals surface area contributed by atoms with Gasteiger partial charge in [-0.05, 0) is 42.7 Å². The maximum Gasteiger partial charge on any atom is 0.255 e. The Hall–Kier alpha value is -3.48. The molecule has 0 saturated carbocycles. The summed E-state index contributed by atoms with van der Waals surface area (Å²) in [7, 11) is 1.64. The van der Waals surface area contributed by atoms with Gasteiger partial charge in [-0.3, -0.25) is 9.78 Å². The van der Waals surface area contributed by atoms with Gasteiger partial charge in [-0.25, -0.2) is 9.97 Å². The molecule has 2 N–H and O–H groups in total. The van der Waals surface area contributed by atoms with Gasteiger partial charge in [0, 0.05) is 43.2 Å². The zero-order valence-corrected chi connectivity index (χ0v) is 16.3. The van der Waals surface area contributed by atoms with E-state index < -0.39 is 0 Å². The molecule has 148 valence electrons. The molecule has 0 aliphatic carbocycles. The van der Waals surface area contributed by atoms with Crippen LogP contribution in [0.1, 0.15) is 34.8 Å². The molecular weight excluding hydrogens is 366 g/mol. The zero-order valence-electron chi connectivity index (χ0n) is 16.3. The predicted molar refractivity (Wildman–Crippen MR) is 111 cm³/mol. The van der Waals surface area contributed by atoms with Crippen LogP contribution in [0.25, 0.3) is 11.1 Å². The summed E-state index contributed by atoms with van der Waals surface area (Å²) in [6, 6.07) is 11.4. The standard InChI is InChI=1S/C22H23N5O2/c1-29-18-8-6-15(7-9-18)19-13-25-22(23)26-20(19)17-5-3-11-27(14-17)21(28)16-4-2-10-24-12-16/h2,4,6-10,12-13,17H,3,5,11,14H2,1H3,(H2,23,25,26)/t17-/m0/s1. The number of hydrogen-bond acceptors (Lipinski definition) is 6. The average Bonchev–Trinajstić information content (AvgIpc) is 2.79. The molecule has 3 aromatic rings. The number of methoxy groups -OCH3 is 1. The lowest BCUT2D eigenvalue weighted by Gasteiger charge is -2.33. The number of nitrogens with two attached hydrogens (primary N) is 1. The summed E-state index contributed by atoms with van der Waals surface area (Å²) >= 11 is 0. The van der Waals surface area contributed by atoms with Gasteiger partial charge in [-0.15, -0.1) is 0 Å². The molecule has 1 atom stereocenters. The first-order valence-electron chi connectivity index (χ1n) is 9.62. The van der Waals surface area contributed by atoms with Gasteiger partial charge in [0.2, 0.25) is 5.95 Å². The lowest BCUT2D eigenvalue weighted by Crippen LogP contribution is -2.39. The van der Waals surface area contributed by atoms with E-state index in [0.717, 1.165) is 42.0 Å². The molecule has 3 heterocycles. The lowest BCUT2D eigenvalue weighted by atomic mass is 9.89. The Morgan fingerprint density at radius 1 is 1.21 bits per heavy atom. The number of amides is 1. The number of carbonyl (C=O) groups is 1. The normalized spacial score (nSPS) is 16.4. The summed E-state index contributed by atoms with van der Waals surface area (Å²) in [5.74, 6) is 1.12. The Morgan fingerprint density at radius 3 is 2.76 bits per heavy atom. The van der Waals surface area contributed by atoms with Crippen molar-refractivity contribution in [2.45, 2.75) is 18.8 Å². The van der Waals surface area contributed by atoms with Gasteiger partial charge in [0.1, 0.15) is 5.75 Å². The van der Waals surface area contributed by atoms with Crippen molar-refractivity contribution >= 4 is 11.9 Å². The minimum Gasteiger partial charge on any atom is -0.497 e. The van der Waals surface area contributed by atoms with E-state index >= 15 is 0 Å². The molecule has 0 unspecified atom stereocenters. The van der Waals surface area contributed by atoms with Gasteiger partial charge in [0.05, 0.1) is 18.4 Å². The van der Waals surface area contributed by atoms with Crippen LogP contribution >= 0.6 is 0 Å². The fraction of sp³-hybridized carbons (Fsp3) is 0.273. The number of hydrogen-bond donors (Lipinski definition) is 1. The highest BCUT2D eigenvalue weighted by atomic mass is 16.5. The summed E-state index contributed by atoms with van der Waals surface area (Å²) in [4.78, 5) is 27.6. The Morgan fingerprint density at radius 2 is 2.03 bits per heavy atom.